The molecule has 2 unspecified atom stereocenters. The van der Waals surface area contributed by atoms with Crippen LogP contribution in [0.1, 0.15) is 19.2 Å². The van der Waals surface area contributed by atoms with Crippen LogP contribution in [0.2, 0.25) is 0 Å². The zero-order valence-corrected chi connectivity index (χ0v) is 14.7. The third-order valence-corrected chi connectivity index (χ3v) is 4.66. The zero-order valence-electron chi connectivity index (χ0n) is 14.7. The summed E-state index contributed by atoms with van der Waals surface area (Å²) < 4.78 is 7.38. The lowest BCUT2D eigenvalue weighted by molar-refractivity contribution is 0.0320. The Morgan fingerprint density at radius 1 is 1.46 bits per heavy atom. The SMILES string of the molecule is CN=C(NCC(C)CN1CCOCC1)NC1CCc2ncnn2C1. The van der Waals surface area contributed by atoms with Crippen molar-refractivity contribution in [1.82, 2.24) is 30.3 Å². The summed E-state index contributed by atoms with van der Waals surface area (Å²) in [6.45, 7) is 8.93. The number of aryl methyl sites for hydroxylation is 1. The Bertz CT molecular complexity index is 538. The minimum absolute atomic E-state index is 0.347. The predicted octanol–water partition coefficient (Wildman–Crippen LogP) is -0.274. The number of aromatic nitrogens is 3. The van der Waals surface area contributed by atoms with E-state index in [9.17, 15) is 0 Å². The van der Waals surface area contributed by atoms with Crippen molar-refractivity contribution in [2.45, 2.75) is 32.4 Å². The van der Waals surface area contributed by atoms with E-state index in [0.717, 1.165) is 70.6 Å². The average molecular weight is 335 g/mol. The first kappa shape index (κ1) is 17.2. The van der Waals surface area contributed by atoms with Crippen molar-refractivity contribution in [2.24, 2.45) is 10.9 Å². The van der Waals surface area contributed by atoms with Crippen molar-refractivity contribution in [1.29, 1.82) is 0 Å². The largest absolute Gasteiger partial charge is 0.379 e. The Morgan fingerprint density at radius 3 is 3.08 bits per heavy atom. The van der Waals surface area contributed by atoms with Gasteiger partial charge in [-0.1, -0.05) is 6.92 Å². The molecule has 0 saturated carbocycles. The van der Waals surface area contributed by atoms with E-state index < -0.39 is 0 Å². The molecule has 0 aliphatic carbocycles. The molecule has 2 atom stereocenters. The summed E-state index contributed by atoms with van der Waals surface area (Å²) >= 11 is 0. The number of hydrogen-bond acceptors (Lipinski definition) is 5. The minimum atomic E-state index is 0.347. The number of morpholine rings is 1. The summed E-state index contributed by atoms with van der Waals surface area (Å²) in [5.41, 5.74) is 0. The molecule has 2 aliphatic heterocycles. The van der Waals surface area contributed by atoms with Crippen molar-refractivity contribution in [3.05, 3.63) is 12.2 Å². The van der Waals surface area contributed by atoms with Crippen molar-refractivity contribution in [3.63, 3.8) is 0 Å². The third-order valence-electron chi connectivity index (χ3n) is 4.66. The second-order valence-electron chi connectivity index (χ2n) is 6.71. The van der Waals surface area contributed by atoms with Gasteiger partial charge in [0.1, 0.15) is 12.2 Å². The van der Waals surface area contributed by atoms with Crippen LogP contribution in [-0.4, -0.2) is 78.1 Å². The average Bonchev–Trinajstić information content (AvgIpc) is 3.07. The lowest BCUT2D eigenvalue weighted by atomic mass is 10.1. The van der Waals surface area contributed by atoms with E-state index >= 15 is 0 Å². The van der Waals surface area contributed by atoms with Crippen LogP contribution in [0.4, 0.5) is 0 Å². The van der Waals surface area contributed by atoms with Crippen LogP contribution < -0.4 is 10.6 Å². The Kier molecular flexibility index (Phi) is 6.03. The maximum atomic E-state index is 5.40. The molecular formula is C16H29N7O. The van der Waals surface area contributed by atoms with E-state index in [2.05, 4.69) is 37.5 Å². The van der Waals surface area contributed by atoms with Gasteiger partial charge in [-0.15, -0.1) is 0 Å². The van der Waals surface area contributed by atoms with Crippen LogP contribution >= 0.6 is 0 Å². The maximum absolute atomic E-state index is 5.40. The molecule has 8 nitrogen and oxygen atoms in total. The van der Waals surface area contributed by atoms with Crippen LogP contribution in [0.5, 0.6) is 0 Å². The molecule has 0 radical (unpaired) electrons. The predicted molar refractivity (Wildman–Crippen MR) is 93.1 cm³/mol. The highest BCUT2D eigenvalue weighted by Gasteiger charge is 2.21. The first-order valence-corrected chi connectivity index (χ1v) is 8.88. The van der Waals surface area contributed by atoms with Crippen LogP contribution in [-0.2, 0) is 17.7 Å². The Balaban J connectivity index is 1.40. The van der Waals surface area contributed by atoms with E-state index in [1.54, 1.807) is 6.33 Å². The molecule has 24 heavy (non-hydrogen) atoms. The summed E-state index contributed by atoms with van der Waals surface area (Å²) in [5, 5.41) is 11.2. The van der Waals surface area contributed by atoms with Crippen molar-refractivity contribution < 1.29 is 4.74 Å². The number of nitrogens with one attached hydrogen (secondary N) is 2. The fourth-order valence-electron chi connectivity index (χ4n) is 3.30. The van der Waals surface area contributed by atoms with Gasteiger partial charge < -0.3 is 15.4 Å². The number of nitrogens with zero attached hydrogens (tertiary/aromatic N) is 5. The van der Waals surface area contributed by atoms with E-state index in [1.807, 2.05) is 11.7 Å². The highest BCUT2D eigenvalue weighted by Crippen LogP contribution is 2.11. The minimum Gasteiger partial charge on any atom is -0.379 e. The molecule has 1 aromatic rings. The second-order valence-corrected chi connectivity index (χ2v) is 6.71. The summed E-state index contributed by atoms with van der Waals surface area (Å²) in [6, 6.07) is 0.347. The van der Waals surface area contributed by atoms with Gasteiger partial charge >= 0.3 is 0 Å². The Hall–Kier alpha value is -1.67. The third kappa shape index (κ3) is 4.67. The zero-order chi connectivity index (χ0) is 16.8. The van der Waals surface area contributed by atoms with Gasteiger partial charge in [-0.2, -0.15) is 5.10 Å². The normalized spacial score (nSPS) is 23.6. The van der Waals surface area contributed by atoms with Gasteiger partial charge in [-0.25, -0.2) is 9.67 Å². The van der Waals surface area contributed by atoms with Gasteiger partial charge in [-0.3, -0.25) is 9.89 Å². The number of aliphatic imine (C=N–C) groups is 1. The van der Waals surface area contributed by atoms with Crippen LogP contribution in [0.3, 0.4) is 0 Å². The summed E-state index contributed by atoms with van der Waals surface area (Å²) in [6.07, 6.45) is 3.66. The topological polar surface area (TPSA) is 79.6 Å². The Morgan fingerprint density at radius 2 is 2.29 bits per heavy atom. The lowest BCUT2D eigenvalue weighted by Crippen LogP contribution is -2.49. The number of fused-ring (bicyclic) bond motifs is 1. The smallest absolute Gasteiger partial charge is 0.191 e. The summed E-state index contributed by atoms with van der Waals surface area (Å²) in [4.78, 5) is 11.1. The van der Waals surface area contributed by atoms with E-state index in [1.165, 1.54) is 0 Å². The summed E-state index contributed by atoms with van der Waals surface area (Å²) in [5.74, 6) is 2.52. The van der Waals surface area contributed by atoms with E-state index in [4.69, 9.17) is 4.74 Å². The number of hydrogen-bond donors (Lipinski definition) is 2. The molecule has 2 N–H and O–H groups in total. The standard InChI is InChI=1S/C16H29N7O/c1-13(10-22-5-7-24-8-6-22)9-18-16(17-2)21-14-3-4-15-19-12-20-23(15)11-14/h12-14H,3-11H2,1-2H3,(H2,17,18,21). The molecule has 3 rings (SSSR count). The van der Waals surface area contributed by atoms with E-state index in [0.29, 0.717) is 12.0 Å². The van der Waals surface area contributed by atoms with Gasteiger partial charge in [0.15, 0.2) is 5.96 Å². The number of guanidine groups is 1. The van der Waals surface area contributed by atoms with Gasteiger partial charge in [0.2, 0.25) is 0 Å². The first-order chi connectivity index (χ1) is 11.7. The molecule has 0 amide bonds. The van der Waals surface area contributed by atoms with Gasteiger partial charge in [0.25, 0.3) is 0 Å². The molecule has 0 spiro atoms. The molecule has 1 saturated heterocycles. The fourth-order valence-corrected chi connectivity index (χ4v) is 3.30. The van der Waals surface area contributed by atoms with Crippen LogP contribution in [0, 0.1) is 5.92 Å². The maximum Gasteiger partial charge on any atom is 0.191 e. The highest BCUT2D eigenvalue weighted by molar-refractivity contribution is 5.79. The molecule has 134 valence electrons. The van der Waals surface area contributed by atoms with Gasteiger partial charge in [0, 0.05) is 45.7 Å². The fraction of sp³-hybridized carbons (Fsp3) is 0.812. The lowest BCUT2D eigenvalue weighted by Gasteiger charge is -2.30. The van der Waals surface area contributed by atoms with E-state index in [-0.39, 0.29) is 0 Å². The molecule has 3 heterocycles. The quantitative estimate of drug-likeness (QED) is 0.569. The summed E-state index contributed by atoms with van der Waals surface area (Å²) in [7, 11) is 1.83. The second kappa shape index (κ2) is 8.43. The molecule has 8 heteroatoms. The molecule has 1 aromatic heterocycles. The number of ether oxygens (including phenoxy) is 1. The molecule has 0 aromatic carbocycles. The van der Waals surface area contributed by atoms with Crippen LogP contribution in [0.25, 0.3) is 0 Å². The highest BCUT2D eigenvalue weighted by atomic mass is 16.5. The monoisotopic (exact) mass is 335 g/mol. The molecule has 0 bridgehead atoms. The van der Waals surface area contributed by atoms with Gasteiger partial charge in [-0.05, 0) is 12.3 Å². The molecule has 2 aliphatic rings. The van der Waals surface area contributed by atoms with Crippen molar-refractivity contribution in [3.8, 4) is 0 Å². The van der Waals surface area contributed by atoms with Crippen LogP contribution in [0.15, 0.2) is 11.3 Å². The van der Waals surface area contributed by atoms with Gasteiger partial charge in [0.05, 0.1) is 19.8 Å². The molecular weight excluding hydrogens is 306 g/mol. The molecule has 1 fully saturated rings. The van der Waals surface area contributed by atoms with Crippen molar-refractivity contribution in [2.75, 3.05) is 46.4 Å². The Labute approximate surface area is 143 Å². The first-order valence-electron chi connectivity index (χ1n) is 8.88. The number of rotatable bonds is 5. The van der Waals surface area contributed by atoms with Crippen molar-refractivity contribution >= 4 is 5.96 Å².